The minimum Gasteiger partial charge on any atom is -0.424 e. The van der Waals surface area contributed by atoms with Crippen molar-refractivity contribution in [2.24, 2.45) is 0 Å². The average Bonchev–Trinajstić information content (AvgIpc) is 2.47. The molecule has 7 nitrogen and oxygen atoms in total. The van der Waals surface area contributed by atoms with Crippen LogP contribution in [0, 0.1) is 10.1 Å². The third kappa shape index (κ3) is 3.72. The lowest BCUT2D eigenvalue weighted by atomic mass is 10.3. The molecule has 0 aliphatic carbocycles. The molecule has 0 unspecified atom stereocenters. The quantitative estimate of drug-likeness (QED) is 0.642. The topological polar surface area (TPSA) is 90.2 Å². The van der Waals surface area contributed by atoms with Crippen LogP contribution in [0.25, 0.3) is 0 Å². The smallest absolute Gasteiger partial charge is 0.321 e. The molecule has 2 aromatic rings. The van der Waals surface area contributed by atoms with Crippen molar-refractivity contribution in [3.8, 4) is 11.8 Å². The molecule has 0 aliphatic heterocycles. The summed E-state index contributed by atoms with van der Waals surface area (Å²) in [5, 5.41) is 13.7. The first-order chi connectivity index (χ1) is 9.69. The van der Waals surface area contributed by atoms with Gasteiger partial charge < -0.3 is 10.1 Å². The number of hydrogen-bond donors (Lipinski definition) is 1. The lowest BCUT2D eigenvalue weighted by molar-refractivity contribution is -0.384. The standard InChI is InChI=1S/C13H14N4O3/c1-2-14-7-10-8-15-13(16-9-10)20-12-5-3-11(4-6-12)17(18)19/h3-6,8-9,14H,2,7H2,1H3. The molecule has 0 aliphatic rings. The second-order valence-electron chi connectivity index (χ2n) is 4.01. The van der Waals surface area contributed by atoms with Crippen molar-refractivity contribution >= 4 is 5.69 Å². The number of rotatable bonds is 6. The Kier molecular flexibility index (Phi) is 4.56. The average molecular weight is 274 g/mol. The molecule has 20 heavy (non-hydrogen) atoms. The van der Waals surface area contributed by atoms with E-state index in [1.807, 2.05) is 6.92 Å². The minimum absolute atomic E-state index is 0.0132. The van der Waals surface area contributed by atoms with Crippen LogP contribution in [-0.4, -0.2) is 21.4 Å². The van der Waals surface area contributed by atoms with E-state index in [9.17, 15) is 10.1 Å². The van der Waals surface area contributed by atoms with Gasteiger partial charge in [0.25, 0.3) is 5.69 Å². The van der Waals surface area contributed by atoms with Crippen molar-refractivity contribution in [3.63, 3.8) is 0 Å². The van der Waals surface area contributed by atoms with Crippen molar-refractivity contribution in [2.45, 2.75) is 13.5 Å². The Morgan fingerprint density at radius 2 is 1.90 bits per heavy atom. The van der Waals surface area contributed by atoms with Crippen LogP contribution < -0.4 is 10.1 Å². The Hall–Kier alpha value is -2.54. The predicted molar refractivity (Wildman–Crippen MR) is 72.6 cm³/mol. The largest absolute Gasteiger partial charge is 0.424 e. The Morgan fingerprint density at radius 3 is 2.45 bits per heavy atom. The third-order valence-corrected chi connectivity index (χ3v) is 2.52. The van der Waals surface area contributed by atoms with Gasteiger partial charge in [-0.3, -0.25) is 10.1 Å². The summed E-state index contributed by atoms with van der Waals surface area (Å²) in [7, 11) is 0. The summed E-state index contributed by atoms with van der Waals surface area (Å²) in [5.74, 6) is 0.454. The number of benzene rings is 1. The maximum Gasteiger partial charge on any atom is 0.321 e. The van der Waals surface area contributed by atoms with Crippen LogP contribution in [-0.2, 0) is 6.54 Å². The van der Waals surface area contributed by atoms with E-state index >= 15 is 0 Å². The van der Waals surface area contributed by atoms with Crippen molar-refractivity contribution < 1.29 is 9.66 Å². The molecule has 1 heterocycles. The number of aromatic nitrogens is 2. The van der Waals surface area contributed by atoms with E-state index in [2.05, 4.69) is 15.3 Å². The number of nitrogens with zero attached hydrogens (tertiary/aromatic N) is 3. The van der Waals surface area contributed by atoms with Crippen LogP contribution in [0.2, 0.25) is 0 Å². The number of nitro benzene ring substituents is 1. The van der Waals surface area contributed by atoms with Gasteiger partial charge in [0.1, 0.15) is 5.75 Å². The zero-order valence-electron chi connectivity index (χ0n) is 10.9. The fraction of sp³-hybridized carbons (Fsp3) is 0.231. The molecule has 0 radical (unpaired) electrons. The zero-order chi connectivity index (χ0) is 14.4. The van der Waals surface area contributed by atoms with Gasteiger partial charge in [0.2, 0.25) is 0 Å². The molecule has 104 valence electrons. The van der Waals surface area contributed by atoms with Gasteiger partial charge >= 0.3 is 6.01 Å². The lowest BCUT2D eigenvalue weighted by Gasteiger charge is -2.04. The molecule has 0 saturated heterocycles. The van der Waals surface area contributed by atoms with Crippen LogP contribution in [0.1, 0.15) is 12.5 Å². The summed E-state index contributed by atoms with van der Waals surface area (Å²) in [6.07, 6.45) is 3.35. The Labute approximate surface area is 115 Å². The molecule has 1 aromatic carbocycles. The first-order valence-electron chi connectivity index (χ1n) is 6.13. The third-order valence-electron chi connectivity index (χ3n) is 2.52. The molecular formula is C13H14N4O3. The second kappa shape index (κ2) is 6.58. The van der Waals surface area contributed by atoms with E-state index < -0.39 is 4.92 Å². The summed E-state index contributed by atoms with van der Waals surface area (Å²) in [4.78, 5) is 18.2. The molecule has 0 fully saturated rings. The van der Waals surface area contributed by atoms with Gasteiger partial charge in [0.05, 0.1) is 4.92 Å². The Morgan fingerprint density at radius 1 is 1.25 bits per heavy atom. The highest BCUT2D eigenvalue weighted by Gasteiger charge is 2.06. The maximum absolute atomic E-state index is 10.5. The van der Waals surface area contributed by atoms with Crippen molar-refractivity contribution in [1.29, 1.82) is 0 Å². The van der Waals surface area contributed by atoms with Gasteiger partial charge in [0, 0.05) is 36.6 Å². The Bertz CT molecular complexity index is 569. The fourth-order valence-electron chi connectivity index (χ4n) is 1.50. The van der Waals surface area contributed by atoms with Gasteiger partial charge in [-0.05, 0) is 18.7 Å². The summed E-state index contributed by atoms with van der Waals surface area (Å²) in [6.45, 7) is 3.60. The zero-order valence-corrected chi connectivity index (χ0v) is 10.9. The number of nitrogens with one attached hydrogen (secondary N) is 1. The van der Waals surface area contributed by atoms with Crippen LogP contribution >= 0.6 is 0 Å². The molecule has 2 rings (SSSR count). The minimum atomic E-state index is -0.462. The molecule has 0 atom stereocenters. The van der Waals surface area contributed by atoms with Gasteiger partial charge in [-0.1, -0.05) is 6.92 Å². The normalized spacial score (nSPS) is 10.2. The predicted octanol–water partition coefficient (Wildman–Crippen LogP) is 2.29. The van der Waals surface area contributed by atoms with E-state index in [-0.39, 0.29) is 11.7 Å². The number of non-ortho nitro benzene ring substituents is 1. The first-order valence-corrected chi connectivity index (χ1v) is 6.13. The highest BCUT2D eigenvalue weighted by molar-refractivity contribution is 5.36. The number of hydrogen-bond acceptors (Lipinski definition) is 6. The van der Waals surface area contributed by atoms with Gasteiger partial charge in [-0.15, -0.1) is 0 Å². The summed E-state index contributed by atoms with van der Waals surface area (Å²) < 4.78 is 5.41. The van der Waals surface area contributed by atoms with Crippen molar-refractivity contribution in [1.82, 2.24) is 15.3 Å². The molecule has 0 amide bonds. The highest BCUT2D eigenvalue weighted by Crippen LogP contribution is 2.21. The van der Waals surface area contributed by atoms with Crippen LogP contribution in [0.3, 0.4) is 0 Å². The summed E-state index contributed by atoms with van der Waals surface area (Å²) in [5.41, 5.74) is 0.974. The number of nitro groups is 1. The molecule has 7 heteroatoms. The van der Waals surface area contributed by atoms with E-state index in [1.165, 1.54) is 24.3 Å². The highest BCUT2D eigenvalue weighted by atomic mass is 16.6. The lowest BCUT2D eigenvalue weighted by Crippen LogP contribution is -2.12. The Balaban J connectivity index is 2.00. The molecule has 0 saturated carbocycles. The molecule has 0 bridgehead atoms. The van der Waals surface area contributed by atoms with Gasteiger partial charge in [-0.2, -0.15) is 0 Å². The molecular weight excluding hydrogens is 260 g/mol. The first kappa shape index (κ1) is 13.9. The number of ether oxygens (including phenoxy) is 1. The monoisotopic (exact) mass is 274 g/mol. The summed E-state index contributed by atoms with van der Waals surface area (Å²) >= 11 is 0. The van der Waals surface area contributed by atoms with Crippen LogP contribution in [0.15, 0.2) is 36.7 Å². The van der Waals surface area contributed by atoms with E-state index in [4.69, 9.17) is 4.74 Å². The molecule has 1 N–H and O–H groups in total. The molecule has 1 aromatic heterocycles. The molecule has 0 spiro atoms. The van der Waals surface area contributed by atoms with E-state index in [0.29, 0.717) is 12.3 Å². The van der Waals surface area contributed by atoms with Crippen molar-refractivity contribution in [2.75, 3.05) is 6.54 Å². The van der Waals surface area contributed by atoms with E-state index in [0.717, 1.165) is 12.1 Å². The van der Waals surface area contributed by atoms with Crippen LogP contribution in [0.5, 0.6) is 11.8 Å². The maximum atomic E-state index is 10.5. The fourth-order valence-corrected chi connectivity index (χ4v) is 1.50. The van der Waals surface area contributed by atoms with Gasteiger partial charge in [-0.25, -0.2) is 9.97 Å². The van der Waals surface area contributed by atoms with E-state index in [1.54, 1.807) is 12.4 Å². The van der Waals surface area contributed by atoms with Gasteiger partial charge in [0.15, 0.2) is 0 Å². The SMILES string of the molecule is CCNCc1cnc(Oc2ccc([N+](=O)[O-])cc2)nc1. The summed E-state index contributed by atoms with van der Waals surface area (Å²) in [6, 6.07) is 5.96. The van der Waals surface area contributed by atoms with Crippen LogP contribution in [0.4, 0.5) is 5.69 Å². The van der Waals surface area contributed by atoms with Crippen molar-refractivity contribution in [3.05, 3.63) is 52.3 Å². The second-order valence-corrected chi connectivity index (χ2v) is 4.01.